The van der Waals surface area contributed by atoms with Crippen molar-refractivity contribution in [1.82, 2.24) is 9.55 Å². The molecule has 2 aromatic heterocycles. The molecule has 0 bridgehead atoms. The number of hydrogen-bond acceptors (Lipinski definition) is 4. The SMILES string of the molecule is CC1CCc2c(sc3ncn(CCOc4ccccc4Cl)c(=O)c23)C1. The van der Waals surface area contributed by atoms with E-state index in [-0.39, 0.29) is 5.56 Å². The van der Waals surface area contributed by atoms with Crippen molar-refractivity contribution in [3.05, 3.63) is 56.4 Å². The van der Waals surface area contributed by atoms with E-state index < -0.39 is 0 Å². The summed E-state index contributed by atoms with van der Waals surface area (Å²) in [5, 5.41) is 1.39. The average Bonchev–Trinajstić information content (AvgIpc) is 2.96. The van der Waals surface area contributed by atoms with Gasteiger partial charge in [0.05, 0.1) is 23.3 Å². The van der Waals surface area contributed by atoms with E-state index >= 15 is 0 Å². The molecule has 1 aromatic carbocycles. The molecule has 130 valence electrons. The minimum absolute atomic E-state index is 0.0415. The standard InChI is InChI=1S/C19H19ClN2O2S/c1-12-6-7-13-16(10-12)25-18-17(13)19(23)22(11-21-18)8-9-24-15-5-3-2-4-14(15)20/h2-5,11-12H,6-10H2,1H3. The summed E-state index contributed by atoms with van der Waals surface area (Å²) < 4.78 is 7.34. The van der Waals surface area contributed by atoms with Crippen LogP contribution in [0, 0.1) is 5.92 Å². The third-order valence-electron chi connectivity index (χ3n) is 4.71. The highest BCUT2D eigenvalue weighted by molar-refractivity contribution is 7.18. The lowest BCUT2D eigenvalue weighted by Crippen LogP contribution is -2.24. The number of thiophene rings is 1. The van der Waals surface area contributed by atoms with Gasteiger partial charge in [-0.05, 0) is 42.9 Å². The Morgan fingerprint density at radius 2 is 2.24 bits per heavy atom. The molecule has 0 N–H and O–H groups in total. The van der Waals surface area contributed by atoms with Gasteiger partial charge in [-0.1, -0.05) is 30.7 Å². The van der Waals surface area contributed by atoms with Crippen LogP contribution in [0.25, 0.3) is 10.2 Å². The van der Waals surface area contributed by atoms with E-state index in [1.165, 1.54) is 10.4 Å². The molecule has 0 aliphatic heterocycles. The molecular weight excluding hydrogens is 356 g/mol. The van der Waals surface area contributed by atoms with Crippen LogP contribution in [0.5, 0.6) is 5.75 Å². The number of benzene rings is 1. The van der Waals surface area contributed by atoms with Gasteiger partial charge in [-0.2, -0.15) is 0 Å². The Labute approximate surface area is 155 Å². The number of halogens is 1. The Kier molecular flexibility index (Phi) is 4.52. The number of aryl methyl sites for hydroxylation is 1. The van der Waals surface area contributed by atoms with E-state index in [0.29, 0.717) is 29.8 Å². The quantitative estimate of drug-likeness (QED) is 0.683. The zero-order chi connectivity index (χ0) is 17.4. The molecule has 3 aromatic rings. The minimum Gasteiger partial charge on any atom is -0.490 e. The number of rotatable bonds is 4. The molecular formula is C19H19ClN2O2S. The van der Waals surface area contributed by atoms with E-state index in [1.807, 2.05) is 18.2 Å². The van der Waals surface area contributed by atoms with Gasteiger partial charge in [0.1, 0.15) is 17.2 Å². The van der Waals surface area contributed by atoms with Crippen molar-refractivity contribution in [2.45, 2.75) is 32.7 Å². The third-order valence-corrected chi connectivity index (χ3v) is 6.18. The zero-order valence-corrected chi connectivity index (χ0v) is 15.6. The minimum atomic E-state index is 0.0415. The van der Waals surface area contributed by atoms with Crippen LogP contribution in [-0.2, 0) is 19.4 Å². The highest BCUT2D eigenvalue weighted by Gasteiger charge is 2.23. The fraction of sp³-hybridized carbons (Fsp3) is 0.368. The van der Waals surface area contributed by atoms with Gasteiger partial charge in [0.2, 0.25) is 0 Å². The van der Waals surface area contributed by atoms with Crippen LogP contribution in [0.1, 0.15) is 23.8 Å². The maximum atomic E-state index is 12.9. The van der Waals surface area contributed by atoms with Gasteiger partial charge in [0, 0.05) is 4.88 Å². The zero-order valence-electron chi connectivity index (χ0n) is 14.0. The maximum Gasteiger partial charge on any atom is 0.262 e. The molecule has 25 heavy (non-hydrogen) atoms. The first-order chi connectivity index (χ1) is 12.1. The van der Waals surface area contributed by atoms with Crippen LogP contribution in [-0.4, -0.2) is 16.2 Å². The van der Waals surface area contributed by atoms with Crippen LogP contribution < -0.4 is 10.3 Å². The number of nitrogens with zero attached hydrogens (tertiary/aromatic N) is 2. The third kappa shape index (κ3) is 3.18. The van der Waals surface area contributed by atoms with Crippen molar-refractivity contribution in [3.8, 4) is 5.75 Å². The van der Waals surface area contributed by atoms with Gasteiger partial charge in [-0.15, -0.1) is 11.3 Å². The summed E-state index contributed by atoms with van der Waals surface area (Å²) in [5.41, 5.74) is 1.26. The highest BCUT2D eigenvalue weighted by atomic mass is 35.5. The molecule has 0 saturated heterocycles. The predicted octanol–water partition coefficient (Wildman–Crippen LogP) is 4.32. The topological polar surface area (TPSA) is 44.1 Å². The summed E-state index contributed by atoms with van der Waals surface area (Å²) >= 11 is 7.76. The lowest BCUT2D eigenvalue weighted by Gasteiger charge is -2.17. The van der Waals surface area contributed by atoms with Crippen LogP contribution in [0.3, 0.4) is 0 Å². The fourth-order valence-corrected chi connectivity index (χ4v) is 4.87. The Balaban J connectivity index is 1.57. The van der Waals surface area contributed by atoms with Gasteiger partial charge < -0.3 is 4.74 Å². The van der Waals surface area contributed by atoms with E-state index in [0.717, 1.165) is 29.5 Å². The molecule has 0 radical (unpaired) electrons. The van der Waals surface area contributed by atoms with Crippen molar-refractivity contribution in [2.75, 3.05) is 6.61 Å². The Hall–Kier alpha value is -1.85. The molecule has 0 fully saturated rings. The second-order valence-corrected chi connectivity index (χ2v) is 8.04. The Morgan fingerprint density at radius 3 is 3.08 bits per heavy atom. The van der Waals surface area contributed by atoms with E-state index in [1.54, 1.807) is 28.3 Å². The molecule has 6 heteroatoms. The number of hydrogen-bond donors (Lipinski definition) is 0. The fourth-order valence-electron chi connectivity index (χ4n) is 3.34. The van der Waals surface area contributed by atoms with Gasteiger partial charge in [0.25, 0.3) is 5.56 Å². The number of aromatic nitrogens is 2. The Bertz CT molecular complexity index is 979. The van der Waals surface area contributed by atoms with Crippen LogP contribution >= 0.6 is 22.9 Å². The first-order valence-electron chi connectivity index (χ1n) is 8.50. The van der Waals surface area contributed by atoms with Crippen LogP contribution in [0.4, 0.5) is 0 Å². The van der Waals surface area contributed by atoms with Crippen LogP contribution in [0.2, 0.25) is 5.02 Å². The Morgan fingerprint density at radius 1 is 1.40 bits per heavy atom. The first-order valence-corrected chi connectivity index (χ1v) is 9.70. The molecule has 2 heterocycles. The molecule has 1 aliphatic carbocycles. The highest BCUT2D eigenvalue weighted by Crippen LogP contribution is 2.35. The van der Waals surface area contributed by atoms with Crippen molar-refractivity contribution in [1.29, 1.82) is 0 Å². The van der Waals surface area contributed by atoms with Crippen LogP contribution in [0.15, 0.2) is 35.4 Å². The number of para-hydroxylation sites is 1. The van der Waals surface area contributed by atoms with Crippen molar-refractivity contribution in [3.63, 3.8) is 0 Å². The van der Waals surface area contributed by atoms with Gasteiger partial charge in [0.15, 0.2) is 0 Å². The molecule has 1 atom stereocenters. The molecule has 1 unspecified atom stereocenters. The maximum absolute atomic E-state index is 12.9. The molecule has 4 rings (SSSR count). The molecule has 0 amide bonds. The summed E-state index contributed by atoms with van der Waals surface area (Å²) in [6.07, 6.45) is 4.81. The lowest BCUT2D eigenvalue weighted by atomic mass is 9.89. The lowest BCUT2D eigenvalue weighted by molar-refractivity contribution is 0.296. The second kappa shape index (κ2) is 6.81. The van der Waals surface area contributed by atoms with Crippen molar-refractivity contribution < 1.29 is 4.74 Å². The molecule has 0 saturated carbocycles. The monoisotopic (exact) mass is 374 g/mol. The molecule has 1 aliphatic rings. The molecule has 4 nitrogen and oxygen atoms in total. The number of fused-ring (bicyclic) bond motifs is 3. The predicted molar refractivity (Wildman–Crippen MR) is 102 cm³/mol. The van der Waals surface area contributed by atoms with Crippen molar-refractivity contribution in [2.24, 2.45) is 5.92 Å². The van der Waals surface area contributed by atoms with Gasteiger partial charge >= 0.3 is 0 Å². The molecule has 0 spiro atoms. The summed E-state index contributed by atoms with van der Waals surface area (Å²) in [5.74, 6) is 1.32. The second-order valence-electron chi connectivity index (χ2n) is 6.55. The van der Waals surface area contributed by atoms with Crippen molar-refractivity contribution >= 4 is 33.2 Å². The van der Waals surface area contributed by atoms with Gasteiger partial charge in [-0.3, -0.25) is 9.36 Å². The van der Waals surface area contributed by atoms with E-state index in [4.69, 9.17) is 16.3 Å². The normalized spacial score (nSPS) is 16.8. The smallest absolute Gasteiger partial charge is 0.262 e. The number of ether oxygens (including phenoxy) is 1. The van der Waals surface area contributed by atoms with Gasteiger partial charge in [-0.25, -0.2) is 4.98 Å². The summed E-state index contributed by atoms with van der Waals surface area (Å²) in [4.78, 5) is 19.6. The van der Waals surface area contributed by atoms with E-state index in [2.05, 4.69) is 11.9 Å². The van der Waals surface area contributed by atoms with E-state index in [9.17, 15) is 4.79 Å². The first kappa shape index (κ1) is 16.6. The average molecular weight is 375 g/mol. The summed E-state index contributed by atoms with van der Waals surface area (Å²) in [7, 11) is 0. The summed E-state index contributed by atoms with van der Waals surface area (Å²) in [6.45, 7) is 3.10. The largest absolute Gasteiger partial charge is 0.490 e. The summed E-state index contributed by atoms with van der Waals surface area (Å²) in [6, 6.07) is 7.34.